The van der Waals surface area contributed by atoms with Crippen molar-refractivity contribution in [1.29, 1.82) is 0 Å². The molecule has 3 heterocycles. The van der Waals surface area contributed by atoms with Crippen LogP contribution >= 0.6 is 0 Å². The van der Waals surface area contributed by atoms with Crippen LogP contribution in [0.1, 0.15) is 43.2 Å². The summed E-state index contributed by atoms with van der Waals surface area (Å²) in [6.07, 6.45) is 4.74. The normalized spacial score (nSPS) is 15.1. The third-order valence-electron chi connectivity index (χ3n) is 3.58. The summed E-state index contributed by atoms with van der Waals surface area (Å²) < 4.78 is 7.32. The molecule has 0 spiro atoms. The number of rotatable bonds is 5. The summed E-state index contributed by atoms with van der Waals surface area (Å²) in [4.78, 5) is 11.9. The van der Waals surface area contributed by atoms with Crippen LogP contribution in [0.25, 0.3) is 0 Å². The maximum absolute atomic E-state index is 11.9. The van der Waals surface area contributed by atoms with E-state index in [9.17, 15) is 4.79 Å². The standard InChI is InChI=1S/C14H18N4O2/c1-10(14-17-16-12-5-2-8-18(12)14)15-13(19)7-6-11-4-3-9-20-11/h3-4,9-10H,2,5-8H2,1H3,(H,15,19)/t10-/m0/s1. The van der Waals surface area contributed by atoms with E-state index in [1.165, 1.54) is 0 Å². The lowest BCUT2D eigenvalue weighted by Gasteiger charge is -2.13. The third kappa shape index (κ3) is 2.59. The fourth-order valence-corrected chi connectivity index (χ4v) is 2.56. The summed E-state index contributed by atoms with van der Waals surface area (Å²) in [6.45, 7) is 2.89. The van der Waals surface area contributed by atoms with E-state index in [4.69, 9.17) is 4.42 Å². The molecule has 2 aromatic heterocycles. The molecule has 3 rings (SSSR count). The Labute approximate surface area is 117 Å². The minimum Gasteiger partial charge on any atom is -0.469 e. The van der Waals surface area contributed by atoms with Gasteiger partial charge in [0.2, 0.25) is 5.91 Å². The molecule has 6 nitrogen and oxygen atoms in total. The Kier molecular flexibility index (Phi) is 3.54. The highest BCUT2D eigenvalue weighted by Crippen LogP contribution is 2.19. The topological polar surface area (TPSA) is 73.0 Å². The highest BCUT2D eigenvalue weighted by Gasteiger charge is 2.22. The lowest BCUT2D eigenvalue weighted by molar-refractivity contribution is -0.121. The number of nitrogens with one attached hydrogen (secondary N) is 1. The average Bonchev–Trinajstić information content (AvgIpc) is 3.13. The maximum atomic E-state index is 11.9. The first kappa shape index (κ1) is 12.9. The van der Waals surface area contributed by atoms with Crippen LogP contribution in [0.3, 0.4) is 0 Å². The molecule has 6 heteroatoms. The summed E-state index contributed by atoms with van der Waals surface area (Å²) in [5, 5.41) is 11.3. The first-order chi connectivity index (χ1) is 9.74. The Morgan fingerprint density at radius 3 is 3.25 bits per heavy atom. The van der Waals surface area contributed by atoms with Gasteiger partial charge < -0.3 is 14.3 Å². The highest BCUT2D eigenvalue weighted by atomic mass is 16.3. The molecule has 1 amide bonds. The molecule has 0 saturated carbocycles. The van der Waals surface area contributed by atoms with E-state index in [1.807, 2.05) is 19.1 Å². The van der Waals surface area contributed by atoms with Crippen LogP contribution in [0.4, 0.5) is 0 Å². The van der Waals surface area contributed by atoms with Crippen LogP contribution in [-0.2, 0) is 24.2 Å². The predicted octanol–water partition coefficient (Wildman–Crippen LogP) is 1.63. The van der Waals surface area contributed by atoms with E-state index in [0.717, 1.165) is 36.8 Å². The average molecular weight is 274 g/mol. The van der Waals surface area contributed by atoms with Crippen molar-refractivity contribution in [1.82, 2.24) is 20.1 Å². The number of aromatic nitrogens is 3. The zero-order valence-corrected chi connectivity index (χ0v) is 11.5. The van der Waals surface area contributed by atoms with Gasteiger partial charge in [0.1, 0.15) is 11.6 Å². The fraction of sp³-hybridized carbons (Fsp3) is 0.500. The van der Waals surface area contributed by atoms with Crippen molar-refractivity contribution in [3.05, 3.63) is 35.8 Å². The second-order valence-corrected chi connectivity index (χ2v) is 5.10. The van der Waals surface area contributed by atoms with E-state index in [2.05, 4.69) is 20.1 Å². The fourth-order valence-electron chi connectivity index (χ4n) is 2.56. The zero-order valence-electron chi connectivity index (χ0n) is 11.5. The summed E-state index contributed by atoms with van der Waals surface area (Å²) in [7, 11) is 0. The molecule has 1 N–H and O–H groups in total. The smallest absolute Gasteiger partial charge is 0.221 e. The van der Waals surface area contributed by atoms with Gasteiger partial charge in [-0.1, -0.05) is 0 Å². The number of aryl methyl sites for hydroxylation is 2. The van der Waals surface area contributed by atoms with Gasteiger partial charge in [-0.25, -0.2) is 0 Å². The molecule has 106 valence electrons. The summed E-state index contributed by atoms with van der Waals surface area (Å²) in [6, 6.07) is 3.59. The van der Waals surface area contributed by atoms with E-state index in [0.29, 0.717) is 12.8 Å². The number of fused-ring (bicyclic) bond motifs is 1. The second-order valence-electron chi connectivity index (χ2n) is 5.10. The van der Waals surface area contributed by atoms with Gasteiger partial charge in [-0.2, -0.15) is 0 Å². The molecular weight excluding hydrogens is 256 g/mol. The van der Waals surface area contributed by atoms with Crippen molar-refractivity contribution in [2.75, 3.05) is 0 Å². The molecular formula is C14H18N4O2. The maximum Gasteiger partial charge on any atom is 0.221 e. The number of hydrogen-bond acceptors (Lipinski definition) is 4. The minimum atomic E-state index is -0.113. The summed E-state index contributed by atoms with van der Waals surface area (Å²) in [5.74, 6) is 2.71. The van der Waals surface area contributed by atoms with Crippen LogP contribution in [-0.4, -0.2) is 20.7 Å². The number of carbonyl (C=O) groups is 1. The first-order valence-electron chi connectivity index (χ1n) is 6.98. The molecule has 0 bridgehead atoms. The Bertz CT molecular complexity index is 588. The number of carbonyl (C=O) groups excluding carboxylic acids is 1. The van der Waals surface area contributed by atoms with Gasteiger partial charge in [0.05, 0.1) is 12.3 Å². The van der Waals surface area contributed by atoms with Gasteiger partial charge in [-0.05, 0) is 25.5 Å². The molecule has 0 saturated heterocycles. The van der Waals surface area contributed by atoms with Gasteiger partial charge in [0, 0.05) is 25.8 Å². The molecule has 1 aliphatic rings. The number of hydrogen-bond donors (Lipinski definition) is 1. The Morgan fingerprint density at radius 2 is 2.45 bits per heavy atom. The molecule has 1 atom stereocenters. The van der Waals surface area contributed by atoms with Crippen molar-refractivity contribution in [3.8, 4) is 0 Å². The minimum absolute atomic E-state index is 0.00393. The Balaban J connectivity index is 1.55. The van der Waals surface area contributed by atoms with E-state index in [-0.39, 0.29) is 11.9 Å². The number of amides is 1. The van der Waals surface area contributed by atoms with Crippen molar-refractivity contribution >= 4 is 5.91 Å². The predicted molar refractivity (Wildman–Crippen MR) is 71.9 cm³/mol. The van der Waals surface area contributed by atoms with Gasteiger partial charge >= 0.3 is 0 Å². The largest absolute Gasteiger partial charge is 0.469 e. The monoisotopic (exact) mass is 274 g/mol. The lowest BCUT2D eigenvalue weighted by atomic mass is 10.2. The van der Waals surface area contributed by atoms with Crippen molar-refractivity contribution in [3.63, 3.8) is 0 Å². The summed E-state index contributed by atoms with van der Waals surface area (Å²) >= 11 is 0. The molecule has 0 fully saturated rings. The van der Waals surface area contributed by atoms with Crippen LogP contribution < -0.4 is 5.32 Å². The first-order valence-corrected chi connectivity index (χ1v) is 6.98. The van der Waals surface area contributed by atoms with E-state index in [1.54, 1.807) is 6.26 Å². The van der Waals surface area contributed by atoms with Crippen LogP contribution in [0, 0.1) is 0 Å². The van der Waals surface area contributed by atoms with Crippen molar-refractivity contribution < 1.29 is 9.21 Å². The van der Waals surface area contributed by atoms with Crippen LogP contribution in [0.2, 0.25) is 0 Å². The molecule has 0 unspecified atom stereocenters. The zero-order chi connectivity index (χ0) is 13.9. The third-order valence-corrected chi connectivity index (χ3v) is 3.58. The quantitative estimate of drug-likeness (QED) is 0.899. The molecule has 1 aliphatic heterocycles. The summed E-state index contributed by atoms with van der Waals surface area (Å²) in [5.41, 5.74) is 0. The van der Waals surface area contributed by atoms with Crippen LogP contribution in [0.5, 0.6) is 0 Å². The van der Waals surface area contributed by atoms with Crippen LogP contribution in [0.15, 0.2) is 22.8 Å². The van der Waals surface area contributed by atoms with E-state index < -0.39 is 0 Å². The van der Waals surface area contributed by atoms with Crippen molar-refractivity contribution in [2.24, 2.45) is 0 Å². The SMILES string of the molecule is C[C@H](NC(=O)CCc1ccco1)c1nnc2n1CCC2. The molecule has 2 aromatic rings. The highest BCUT2D eigenvalue weighted by molar-refractivity contribution is 5.76. The molecule has 0 radical (unpaired) electrons. The van der Waals surface area contributed by atoms with Gasteiger partial charge in [0.25, 0.3) is 0 Å². The second kappa shape index (κ2) is 5.48. The Hall–Kier alpha value is -2.11. The Morgan fingerprint density at radius 1 is 1.55 bits per heavy atom. The van der Waals surface area contributed by atoms with Gasteiger partial charge in [-0.15, -0.1) is 10.2 Å². The molecule has 0 aromatic carbocycles. The number of furan rings is 1. The molecule has 0 aliphatic carbocycles. The molecule has 20 heavy (non-hydrogen) atoms. The van der Waals surface area contributed by atoms with E-state index >= 15 is 0 Å². The van der Waals surface area contributed by atoms with Crippen molar-refractivity contribution in [2.45, 2.75) is 45.2 Å². The lowest BCUT2D eigenvalue weighted by Crippen LogP contribution is -2.28. The number of nitrogens with zero attached hydrogens (tertiary/aromatic N) is 3. The van der Waals surface area contributed by atoms with Gasteiger partial charge in [-0.3, -0.25) is 4.79 Å². The van der Waals surface area contributed by atoms with Gasteiger partial charge in [0.15, 0.2) is 5.82 Å².